The van der Waals surface area contributed by atoms with Gasteiger partial charge in [-0.2, -0.15) is 0 Å². The molecule has 0 aromatic carbocycles. The van der Waals surface area contributed by atoms with E-state index >= 15 is 0 Å². The fourth-order valence-electron chi connectivity index (χ4n) is 1.80. The average Bonchev–Trinajstić information content (AvgIpc) is 3.06. The highest BCUT2D eigenvalue weighted by Crippen LogP contribution is 2.18. The quantitative estimate of drug-likeness (QED) is 0.731. The number of thiophene rings is 1. The van der Waals surface area contributed by atoms with Crippen LogP contribution in [0.5, 0.6) is 0 Å². The minimum atomic E-state index is -3.60. The number of sulfonamides is 1. The molecule has 5 nitrogen and oxygen atoms in total. The minimum Gasteiger partial charge on any atom is -0.447 e. The van der Waals surface area contributed by atoms with Crippen molar-refractivity contribution in [1.29, 1.82) is 0 Å². The third-order valence-electron chi connectivity index (χ3n) is 3.02. The first-order valence-electron chi connectivity index (χ1n) is 6.85. The van der Waals surface area contributed by atoms with Gasteiger partial charge in [-0.3, -0.25) is 0 Å². The van der Waals surface area contributed by atoms with Crippen molar-refractivity contribution < 1.29 is 12.8 Å². The van der Waals surface area contributed by atoms with E-state index in [1.165, 1.54) is 17.4 Å². The van der Waals surface area contributed by atoms with Crippen molar-refractivity contribution >= 4 is 21.4 Å². The highest BCUT2D eigenvalue weighted by atomic mass is 32.2. The molecule has 0 bridgehead atoms. The first kappa shape index (κ1) is 16.2. The Kier molecular flexibility index (Phi) is 5.58. The smallest absolute Gasteiger partial charge is 0.274 e. The number of nitrogens with one attached hydrogen (secondary N) is 2. The highest BCUT2D eigenvalue weighted by molar-refractivity contribution is 7.89. The molecule has 0 aliphatic carbocycles. The fourth-order valence-corrected chi connectivity index (χ4v) is 3.68. The van der Waals surface area contributed by atoms with Crippen LogP contribution in [0.2, 0.25) is 0 Å². The summed E-state index contributed by atoms with van der Waals surface area (Å²) in [7, 11) is -3.60. The molecule has 0 amide bonds. The second-order valence-electron chi connectivity index (χ2n) is 4.75. The van der Waals surface area contributed by atoms with Gasteiger partial charge in [0.05, 0.1) is 6.54 Å². The molecule has 0 aliphatic heterocycles. The van der Waals surface area contributed by atoms with Crippen molar-refractivity contribution in [3.8, 4) is 0 Å². The van der Waals surface area contributed by atoms with Crippen molar-refractivity contribution in [2.45, 2.75) is 38.5 Å². The van der Waals surface area contributed by atoms with E-state index in [-0.39, 0.29) is 11.6 Å². The van der Waals surface area contributed by atoms with Gasteiger partial charge in [0.1, 0.15) is 5.76 Å². The predicted octanol–water partition coefficient (Wildman–Crippen LogP) is 2.63. The van der Waals surface area contributed by atoms with E-state index in [1.807, 2.05) is 18.4 Å². The Morgan fingerprint density at radius 1 is 1.24 bits per heavy atom. The van der Waals surface area contributed by atoms with Gasteiger partial charge in [-0.25, -0.2) is 13.1 Å². The lowest BCUT2D eigenvalue weighted by molar-refractivity contribution is 0.400. The molecule has 116 valence electrons. The van der Waals surface area contributed by atoms with Gasteiger partial charge >= 0.3 is 0 Å². The summed E-state index contributed by atoms with van der Waals surface area (Å²) < 4.78 is 32.3. The van der Waals surface area contributed by atoms with Crippen LogP contribution in [0.25, 0.3) is 0 Å². The molecule has 2 rings (SSSR count). The Balaban J connectivity index is 1.97. The number of furan rings is 1. The Bertz CT molecular complexity index is 674. The van der Waals surface area contributed by atoms with Crippen molar-refractivity contribution in [3.05, 3.63) is 39.8 Å². The van der Waals surface area contributed by atoms with E-state index in [9.17, 15) is 8.42 Å². The lowest BCUT2D eigenvalue weighted by atomic mass is 10.3. The SMILES string of the molecule is CCCNCc1ccc(S(=O)(=O)NCc2sccc2C)o1. The van der Waals surface area contributed by atoms with E-state index in [0.717, 1.165) is 23.4 Å². The molecular formula is C14H20N2O3S2. The standard InChI is InChI=1S/C14H20N2O3S2/c1-3-7-15-9-12-4-5-14(19-12)21(17,18)16-10-13-11(2)6-8-20-13/h4-6,8,15-16H,3,7,9-10H2,1-2H3. The van der Waals surface area contributed by atoms with Gasteiger partial charge < -0.3 is 9.73 Å². The maximum atomic E-state index is 12.2. The van der Waals surface area contributed by atoms with Crippen molar-refractivity contribution in [3.63, 3.8) is 0 Å². The highest BCUT2D eigenvalue weighted by Gasteiger charge is 2.19. The van der Waals surface area contributed by atoms with Crippen LogP contribution >= 0.6 is 11.3 Å². The lowest BCUT2D eigenvalue weighted by Gasteiger charge is -2.04. The largest absolute Gasteiger partial charge is 0.447 e. The van der Waals surface area contributed by atoms with Gasteiger partial charge in [0, 0.05) is 11.4 Å². The zero-order chi connectivity index (χ0) is 15.3. The summed E-state index contributed by atoms with van der Waals surface area (Å²) >= 11 is 1.54. The Morgan fingerprint density at radius 2 is 2.05 bits per heavy atom. The summed E-state index contributed by atoms with van der Waals surface area (Å²) in [5.74, 6) is 0.621. The van der Waals surface area contributed by atoms with Crippen LogP contribution in [0, 0.1) is 6.92 Å². The first-order valence-corrected chi connectivity index (χ1v) is 9.21. The monoisotopic (exact) mass is 328 g/mol. The first-order chi connectivity index (χ1) is 10.0. The van der Waals surface area contributed by atoms with E-state index in [4.69, 9.17) is 4.42 Å². The third-order valence-corrected chi connectivity index (χ3v) is 5.32. The molecule has 7 heteroatoms. The van der Waals surface area contributed by atoms with Crippen LogP contribution < -0.4 is 10.0 Å². The van der Waals surface area contributed by atoms with Gasteiger partial charge in [-0.1, -0.05) is 6.92 Å². The lowest BCUT2D eigenvalue weighted by Crippen LogP contribution is -2.22. The molecule has 0 saturated carbocycles. The Hall–Kier alpha value is -1.15. The van der Waals surface area contributed by atoms with E-state index < -0.39 is 10.0 Å². The molecule has 2 aromatic rings. The zero-order valence-electron chi connectivity index (χ0n) is 12.2. The van der Waals surface area contributed by atoms with Gasteiger partial charge in [0.2, 0.25) is 5.09 Å². The Labute approximate surface area is 129 Å². The molecule has 2 N–H and O–H groups in total. The number of hydrogen-bond acceptors (Lipinski definition) is 5. The second-order valence-corrected chi connectivity index (χ2v) is 7.45. The summed E-state index contributed by atoms with van der Waals surface area (Å²) in [5, 5.41) is 5.08. The van der Waals surface area contributed by atoms with Gasteiger partial charge in [-0.05, 0) is 49.0 Å². The molecule has 0 radical (unpaired) electrons. The molecule has 0 atom stereocenters. The number of aryl methyl sites for hydroxylation is 1. The van der Waals surface area contributed by atoms with Crippen molar-refractivity contribution in [1.82, 2.24) is 10.0 Å². The normalized spacial score (nSPS) is 11.9. The van der Waals surface area contributed by atoms with Gasteiger partial charge in [0.25, 0.3) is 10.0 Å². The van der Waals surface area contributed by atoms with Crippen molar-refractivity contribution in [2.75, 3.05) is 6.54 Å². The van der Waals surface area contributed by atoms with Crippen LogP contribution in [0.1, 0.15) is 29.5 Å². The maximum absolute atomic E-state index is 12.2. The summed E-state index contributed by atoms with van der Waals surface area (Å²) in [6.07, 6.45) is 1.02. The van der Waals surface area contributed by atoms with Gasteiger partial charge in [-0.15, -0.1) is 11.3 Å². The molecule has 0 aliphatic rings. The fraction of sp³-hybridized carbons (Fsp3) is 0.429. The molecule has 0 fully saturated rings. The molecular weight excluding hydrogens is 308 g/mol. The summed E-state index contributed by atoms with van der Waals surface area (Å²) in [5.41, 5.74) is 1.09. The van der Waals surface area contributed by atoms with E-state index in [2.05, 4.69) is 17.0 Å². The molecule has 0 spiro atoms. The average molecular weight is 328 g/mol. The van der Waals surface area contributed by atoms with Crippen LogP contribution in [0.3, 0.4) is 0 Å². The summed E-state index contributed by atoms with van der Waals surface area (Å²) in [4.78, 5) is 1.01. The molecule has 0 saturated heterocycles. The summed E-state index contributed by atoms with van der Waals surface area (Å²) in [6.45, 7) is 5.73. The predicted molar refractivity (Wildman–Crippen MR) is 83.8 cm³/mol. The number of rotatable bonds is 8. The zero-order valence-corrected chi connectivity index (χ0v) is 13.8. The molecule has 0 unspecified atom stereocenters. The minimum absolute atomic E-state index is 0.0370. The molecule has 21 heavy (non-hydrogen) atoms. The third kappa shape index (κ3) is 4.41. The molecule has 2 heterocycles. The Morgan fingerprint density at radius 3 is 2.71 bits per heavy atom. The van der Waals surface area contributed by atoms with Gasteiger partial charge in [0.15, 0.2) is 0 Å². The topological polar surface area (TPSA) is 71.3 Å². The van der Waals surface area contributed by atoms with E-state index in [1.54, 1.807) is 6.07 Å². The summed E-state index contributed by atoms with van der Waals surface area (Å²) in [6, 6.07) is 5.15. The van der Waals surface area contributed by atoms with E-state index in [0.29, 0.717) is 12.3 Å². The van der Waals surface area contributed by atoms with Crippen LogP contribution in [0.15, 0.2) is 33.1 Å². The van der Waals surface area contributed by atoms with Crippen molar-refractivity contribution in [2.24, 2.45) is 0 Å². The maximum Gasteiger partial charge on any atom is 0.274 e. The van der Waals surface area contributed by atoms with Crippen LogP contribution in [-0.4, -0.2) is 15.0 Å². The second kappa shape index (κ2) is 7.22. The molecule has 2 aromatic heterocycles. The van der Waals surface area contributed by atoms with Crippen LogP contribution in [0.4, 0.5) is 0 Å². The number of hydrogen-bond donors (Lipinski definition) is 2. The van der Waals surface area contributed by atoms with Crippen LogP contribution in [-0.2, 0) is 23.1 Å².